The van der Waals surface area contributed by atoms with Crippen molar-refractivity contribution >= 4 is 40.5 Å². The average molecular weight is 453 g/mol. The van der Waals surface area contributed by atoms with Gasteiger partial charge < -0.3 is 10.5 Å². The lowest BCUT2D eigenvalue weighted by Crippen LogP contribution is -2.27. The molecule has 2 aromatic carbocycles. The second kappa shape index (κ2) is 10.4. The van der Waals surface area contributed by atoms with E-state index in [0.29, 0.717) is 12.3 Å². The van der Waals surface area contributed by atoms with Crippen LogP contribution in [0.4, 0.5) is 0 Å². The van der Waals surface area contributed by atoms with E-state index >= 15 is 0 Å². The lowest BCUT2D eigenvalue weighted by molar-refractivity contribution is 0.195. The van der Waals surface area contributed by atoms with E-state index in [4.69, 9.17) is 16.8 Å². The van der Waals surface area contributed by atoms with Crippen LogP contribution in [-0.2, 0) is 17.1 Å². The summed E-state index contributed by atoms with van der Waals surface area (Å²) in [7, 11) is -1.83. The molecule has 0 aliphatic heterocycles. The SMILES string of the molecule is C=C(N)c1cc2cc(CP(=C)(Cc3ccccc3)NC(C)C(=C)OCCC)ccc2s1. The van der Waals surface area contributed by atoms with Crippen LogP contribution in [0, 0.1) is 0 Å². The van der Waals surface area contributed by atoms with Gasteiger partial charge in [-0.05, 0) is 55.1 Å². The molecule has 3 aromatic rings. The fraction of sp³-hybridized carbons (Fsp3) is 0.269. The second-order valence-corrected chi connectivity index (χ2v) is 12.4. The predicted molar refractivity (Wildman–Crippen MR) is 141 cm³/mol. The van der Waals surface area contributed by atoms with Crippen molar-refractivity contribution in [2.24, 2.45) is 5.73 Å². The molecule has 2 atom stereocenters. The zero-order valence-electron chi connectivity index (χ0n) is 18.6. The molecule has 1 aromatic heterocycles. The molecule has 0 saturated carbocycles. The minimum atomic E-state index is -1.83. The summed E-state index contributed by atoms with van der Waals surface area (Å²) in [6.45, 7) is 12.9. The van der Waals surface area contributed by atoms with Gasteiger partial charge in [-0.3, -0.25) is 5.09 Å². The number of rotatable bonds is 11. The Labute approximate surface area is 190 Å². The molecule has 0 saturated heterocycles. The molecular weight excluding hydrogens is 419 g/mol. The van der Waals surface area contributed by atoms with Crippen LogP contribution in [0.1, 0.15) is 36.3 Å². The molecular formula is C26H33N2OPS. The number of thiophene rings is 1. The van der Waals surface area contributed by atoms with Gasteiger partial charge in [0.05, 0.1) is 17.5 Å². The highest BCUT2D eigenvalue weighted by Crippen LogP contribution is 2.49. The Kier molecular flexibility index (Phi) is 7.83. The van der Waals surface area contributed by atoms with Gasteiger partial charge in [0.25, 0.3) is 0 Å². The molecule has 164 valence electrons. The number of hydrogen-bond donors (Lipinski definition) is 2. The van der Waals surface area contributed by atoms with Crippen molar-refractivity contribution in [2.75, 3.05) is 6.61 Å². The minimum Gasteiger partial charge on any atom is -0.497 e. The summed E-state index contributed by atoms with van der Waals surface area (Å²) < 4.78 is 7.02. The maximum absolute atomic E-state index is 5.90. The molecule has 0 fully saturated rings. The van der Waals surface area contributed by atoms with Crippen LogP contribution < -0.4 is 10.8 Å². The topological polar surface area (TPSA) is 47.3 Å². The van der Waals surface area contributed by atoms with Gasteiger partial charge >= 0.3 is 0 Å². The highest BCUT2D eigenvalue weighted by Gasteiger charge is 2.21. The molecule has 3 nitrogen and oxygen atoms in total. The molecule has 0 spiro atoms. The quantitative estimate of drug-likeness (QED) is 0.248. The molecule has 0 radical (unpaired) electrons. The molecule has 2 unspecified atom stereocenters. The number of ether oxygens (including phenoxy) is 1. The third-order valence-electron chi connectivity index (χ3n) is 5.15. The van der Waals surface area contributed by atoms with Gasteiger partial charge in [-0.2, -0.15) is 0 Å². The van der Waals surface area contributed by atoms with Crippen molar-refractivity contribution < 1.29 is 4.74 Å². The van der Waals surface area contributed by atoms with Crippen LogP contribution in [0.15, 0.2) is 73.5 Å². The molecule has 0 amide bonds. The van der Waals surface area contributed by atoms with E-state index in [9.17, 15) is 0 Å². The second-order valence-electron chi connectivity index (χ2n) is 8.12. The van der Waals surface area contributed by atoms with Crippen LogP contribution in [0.2, 0.25) is 0 Å². The van der Waals surface area contributed by atoms with Crippen LogP contribution in [0.5, 0.6) is 0 Å². The molecule has 0 aliphatic rings. The molecule has 1 heterocycles. The van der Waals surface area contributed by atoms with E-state index in [1.165, 1.54) is 21.2 Å². The number of fused-ring (bicyclic) bond motifs is 1. The van der Waals surface area contributed by atoms with E-state index in [0.717, 1.165) is 29.4 Å². The summed E-state index contributed by atoms with van der Waals surface area (Å²) in [4.78, 5) is 1.03. The van der Waals surface area contributed by atoms with Crippen LogP contribution in [0.3, 0.4) is 0 Å². The summed E-state index contributed by atoms with van der Waals surface area (Å²) in [5.74, 6) is 0.780. The zero-order chi connectivity index (χ0) is 22.4. The molecule has 5 heteroatoms. The summed E-state index contributed by atoms with van der Waals surface area (Å²) in [6.07, 6.45) is 7.51. The Bertz CT molecular complexity index is 1100. The van der Waals surface area contributed by atoms with Gasteiger partial charge in [0, 0.05) is 22.7 Å². The maximum Gasteiger partial charge on any atom is 0.106 e. The summed E-state index contributed by atoms with van der Waals surface area (Å²) in [6, 6.07) is 19.4. The van der Waals surface area contributed by atoms with E-state index in [2.05, 4.69) is 86.7 Å². The Morgan fingerprint density at radius 3 is 2.48 bits per heavy atom. The lowest BCUT2D eigenvalue weighted by atomic mass is 10.2. The van der Waals surface area contributed by atoms with Gasteiger partial charge in [0.1, 0.15) is 5.76 Å². The van der Waals surface area contributed by atoms with Crippen LogP contribution in [0.25, 0.3) is 15.8 Å². The third-order valence-corrected chi connectivity index (χ3v) is 9.22. The summed E-state index contributed by atoms with van der Waals surface area (Å²) >= 11 is 1.68. The Hall–Kier alpha value is -2.26. The zero-order valence-corrected chi connectivity index (χ0v) is 20.3. The fourth-order valence-electron chi connectivity index (χ4n) is 3.62. The highest BCUT2D eigenvalue weighted by molar-refractivity contribution is 7.70. The van der Waals surface area contributed by atoms with Gasteiger partial charge in [-0.1, -0.05) is 62.8 Å². The first-order valence-corrected chi connectivity index (χ1v) is 13.8. The van der Waals surface area contributed by atoms with Crippen molar-refractivity contribution in [1.29, 1.82) is 0 Å². The Balaban J connectivity index is 1.86. The smallest absolute Gasteiger partial charge is 0.106 e. The van der Waals surface area contributed by atoms with Crippen molar-refractivity contribution in [3.63, 3.8) is 0 Å². The van der Waals surface area contributed by atoms with E-state index in [-0.39, 0.29) is 6.04 Å². The van der Waals surface area contributed by atoms with Gasteiger partial charge in [-0.15, -0.1) is 11.3 Å². The first kappa shape index (κ1) is 23.4. The van der Waals surface area contributed by atoms with Crippen molar-refractivity contribution in [1.82, 2.24) is 5.09 Å². The summed E-state index contributed by atoms with van der Waals surface area (Å²) in [5.41, 5.74) is 9.09. The van der Waals surface area contributed by atoms with Crippen LogP contribution >= 0.6 is 18.4 Å². The minimum absolute atomic E-state index is 0.0399. The molecule has 3 rings (SSSR count). The van der Waals surface area contributed by atoms with Crippen molar-refractivity contribution in [3.05, 3.63) is 89.5 Å². The molecule has 3 N–H and O–H groups in total. The number of nitrogens with two attached hydrogens (primary N) is 1. The largest absolute Gasteiger partial charge is 0.497 e. The van der Waals surface area contributed by atoms with Gasteiger partial charge in [-0.25, -0.2) is 0 Å². The number of benzene rings is 2. The highest BCUT2D eigenvalue weighted by atomic mass is 32.1. The normalized spacial score (nSPS) is 14.1. The molecule has 0 bridgehead atoms. The standard InChI is InChI=1S/C26H33N2OPS/c1-6-14-29-21(4)20(3)28-30(5,17-22-10-8-7-9-11-22)18-23-12-13-25-24(15-23)16-26(31-25)19(2)27/h7-13,15-16,20,28H,2,4-6,14,17-18,27H2,1,3H3. The number of hydrogen-bond acceptors (Lipinski definition) is 4. The van der Waals surface area contributed by atoms with Gasteiger partial charge in [0.15, 0.2) is 0 Å². The Morgan fingerprint density at radius 1 is 1.10 bits per heavy atom. The predicted octanol–water partition coefficient (Wildman–Crippen LogP) is 6.81. The van der Waals surface area contributed by atoms with Gasteiger partial charge in [0.2, 0.25) is 0 Å². The first-order chi connectivity index (χ1) is 14.8. The molecule has 0 aliphatic carbocycles. The first-order valence-electron chi connectivity index (χ1n) is 10.6. The maximum atomic E-state index is 5.90. The lowest BCUT2D eigenvalue weighted by Gasteiger charge is -2.31. The van der Waals surface area contributed by atoms with Crippen LogP contribution in [-0.4, -0.2) is 18.9 Å². The van der Waals surface area contributed by atoms with E-state index in [1.807, 2.05) is 0 Å². The molecule has 31 heavy (non-hydrogen) atoms. The van der Waals surface area contributed by atoms with Crippen molar-refractivity contribution in [3.8, 4) is 0 Å². The average Bonchev–Trinajstić information content (AvgIpc) is 3.16. The summed E-state index contributed by atoms with van der Waals surface area (Å²) in [5, 5.41) is 5.02. The monoisotopic (exact) mass is 452 g/mol. The Morgan fingerprint density at radius 2 is 1.81 bits per heavy atom. The van der Waals surface area contributed by atoms with E-state index in [1.54, 1.807) is 11.3 Å². The number of nitrogens with one attached hydrogen (secondary N) is 1. The van der Waals surface area contributed by atoms with Crippen molar-refractivity contribution in [2.45, 2.75) is 38.6 Å². The van der Waals surface area contributed by atoms with E-state index < -0.39 is 7.04 Å². The fourth-order valence-corrected chi connectivity index (χ4v) is 7.61. The third kappa shape index (κ3) is 6.36.